The summed E-state index contributed by atoms with van der Waals surface area (Å²) >= 11 is 0. The Balaban J connectivity index is 2.33. The first-order valence-electron chi connectivity index (χ1n) is 5.65. The van der Waals surface area contributed by atoms with Crippen LogP contribution in [0.25, 0.3) is 11.3 Å². The zero-order valence-corrected chi connectivity index (χ0v) is 9.72. The molecule has 0 saturated heterocycles. The number of aromatic hydroxyl groups is 1. The number of phenols is 1. The van der Waals surface area contributed by atoms with Crippen molar-refractivity contribution in [1.82, 2.24) is 9.97 Å². The highest BCUT2D eigenvalue weighted by Crippen LogP contribution is 2.24. The summed E-state index contributed by atoms with van der Waals surface area (Å²) in [6.45, 7) is 2.97. The largest absolute Gasteiger partial charge is 0.508 e. The molecule has 0 aliphatic heterocycles. The van der Waals surface area contributed by atoms with Crippen LogP contribution < -0.4 is 5.32 Å². The van der Waals surface area contributed by atoms with Gasteiger partial charge in [-0.2, -0.15) is 0 Å². The van der Waals surface area contributed by atoms with Gasteiger partial charge in [-0.3, -0.25) is 4.98 Å². The molecule has 0 fully saturated rings. The van der Waals surface area contributed by atoms with Crippen LogP contribution in [0.4, 0.5) is 5.82 Å². The normalized spacial score (nSPS) is 10.2. The van der Waals surface area contributed by atoms with Crippen LogP contribution in [0, 0.1) is 0 Å². The molecule has 0 bridgehead atoms. The first-order chi connectivity index (χ1) is 8.31. The fraction of sp³-hybridized carbons (Fsp3) is 0.231. The Hall–Kier alpha value is -2.10. The SMILES string of the molecule is CCCNc1nccnc1-c1ccc(O)cc1. The smallest absolute Gasteiger partial charge is 0.152 e. The van der Waals surface area contributed by atoms with Crippen LogP contribution in [0.5, 0.6) is 5.75 Å². The molecule has 2 aromatic rings. The number of nitrogens with zero attached hydrogens (tertiary/aromatic N) is 2. The minimum atomic E-state index is 0.251. The maximum absolute atomic E-state index is 9.26. The van der Waals surface area contributed by atoms with E-state index >= 15 is 0 Å². The molecule has 1 aromatic heterocycles. The van der Waals surface area contributed by atoms with Gasteiger partial charge in [0.15, 0.2) is 5.82 Å². The first-order valence-corrected chi connectivity index (χ1v) is 5.65. The van der Waals surface area contributed by atoms with E-state index in [0.717, 1.165) is 30.0 Å². The summed E-state index contributed by atoms with van der Waals surface area (Å²) in [5, 5.41) is 12.5. The van der Waals surface area contributed by atoms with Crippen molar-refractivity contribution < 1.29 is 5.11 Å². The molecule has 4 heteroatoms. The Morgan fingerprint density at radius 3 is 2.53 bits per heavy atom. The molecule has 1 aromatic carbocycles. The van der Waals surface area contributed by atoms with Gasteiger partial charge in [-0.15, -0.1) is 0 Å². The Kier molecular flexibility index (Phi) is 3.55. The molecule has 17 heavy (non-hydrogen) atoms. The molecule has 0 spiro atoms. The third-order valence-corrected chi connectivity index (χ3v) is 2.38. The maximum Gasteiger partial charge on any atom is 0.152 e. The van der Waals surface area contributed by atoms with Crippen molar-refractivity contribution in [3.05, 3.63) is 36.7 Å². The van der Waals surface area contributed by atoms with E-state index in [4.69, 9.17) is 0 Å². The summed E-state index contributed by atoms with van der Waals surface area (Å²) in [6, 6.07) is 6.95. The van der Waals surface area contributed by atoms with Gasteiger partial charge in [0.25, 0.3) is 0 Å². The summed E-state index contributed by atoms with van der Waals surface area (Å²) < 4.78 is 0. The highest BCUT2D eigenvalue weighted by Gasteiger charge is 2.06. The zero-order chi connectivity index (χ0) is 12.1. The summed E-state index contributed by atoms with van der Waals surface area (Å²) in [5.41, 5.74) is 1.75. The number of hydrogen-bond acceptors (Lipinski definition) is 4. The predicted octanol–water partition coefficient (Wildman–Crippen LogP) is 2.67. The van der Waals surface area contributed by atoms with Crippen molar-refractivity contribution >= 4 is 5.82 Å². The molecule has 0 unspecified atom stereocenters. The third kappa shape index (κ3) is 2.72. The van der Waals surface area contributed by atoms with Gasteiger partial charge in [-0.25, -0.2) is 4.98 Å². The van der Waals surface area contributed by atoms with Gasteiger partial charge in [0.2, 0.25) is 0 Å². The highest BCUT2D eigenvalue weighted by molar-refractivity contribution is 5.71. The van der Waals surface area contributed by atoms with Crippen molar-refractivity contribution in [3.8, 4) is 17.0 Å². The minimum Gasteiger partial charge on any atom is -0.508 e. The lowest BCUT2D eigenvalue weighted by molar-refractivity contribution is 0.475. The molecule has 2 rings (SSSR count). The number of phenolic OH excluding ortho intramolecular Hbond substituents is 1. The lowest BCUT2D eigenvalue weighted by Crippen LogP contribution is -2.04. The van der Waals surface area contributed by atoms with E-state index in [1.807, 2.05) is 12.1 Å². The van der Waals surface area contributed by atoms with Crippen LogP contribution >= 0.6 is 0 Å². The van der Waals surface area contributed by atoms with Gasteiger partial charge in [0.1, 0.15) is 11.4 Å². The maximum atomic E-state index is 9.26. The van der Waals surface area contributed by atoms with E-state index in [1.54, 1.807) is 24.5 Å². The summed E-state index contributed by atoms with van der Waals surface area (Å²) in [4.78, 5) is 8.60. The number of benzene rings is 1. The average Bonchev–Trinajstić information content (AvgIpc) is 2.38. The molecule has 4 nitrogen and oxygen atoms in total. The Morgan fingerprint density at radius 1 is 1.12 bits per heavy atom. The quantitative estimate of drug-likeness (QED) is 0.846. The number of aromatic nitrogens is 2. The Labute approximate surface area is 100 Å². The number of hydrogen-bond donors (Lipinski definition) is 2. The second kappa shape index (κ2) is 5.30. The lowest BCUT2D eigenvalue weighted by atomic mass is 10.1. The van der Waals surface area contributed by atoms with Gasteiger partial charge < -0.3 is 10.4 Å². The molecular formula is C13H15N3O. The van der Waals surface area contributed by atoms with Crippen LogP contribution in [-0.2, 0) is 0 Å². The first kappa shape index (κ1) is 11.4. The fourth-order valence-electron chi connectivity index (χ4n) is 1.54. The van der Waals surface area contributed by atoms with Crippen LogP contribution in [-0.4, -0.2) is 21.6 Å². The number of rotatable bonds is 4. The van der Waals surface area contributed by atoms with Crippen molar-refractivity contribution in [3.63, 3.8) is 0 Å². The molecule has 1 heterocycles. The summed E-state index contributed by atoms with van der Waals surface area (Å²) in [7, 11) is 0. The molecule has 0 saturated carbocycles. The van der Waals surface area contributed by atoms with Crippen LogP contribution in [0.1, 0.15) is 13.3 Å². The molecule has 0 radical (unpaired) electrons. The van der Waals surface area contributed by atoms with E-state index in [0.29, 0.717) is 0 Å². The van der Waals surface area contributed by atoms with E-state index in [2.05, 4.69) is 22.2 Å². The van der Waals surface area contributed by atoms with E-state index in [-0.39, 0.29) is 5.75 Å². The van der Waals surface area contributed by atoms with Crippen molar-refractivity contribution in [2.45, 2.75) is 13.3 Å². The molecule has 0 aliphatic rings. The van der Waals surface area contributed by atoms with E-state index in [1.165, 1.54) is 0 Å². The monoisotopic (exact) mass is 229 g/mol. The molecule has 2 N–H and O–H groups in total. The average molecular weight is 229 g/mol. The number of nitrogens with one attached hydrogen (secondary N) is 1. The lowest BCUT2D eigenvalue weighted by Gasteiger charge is -2.09. The Morgan fingerprint density at radius 2 is 1.82 bits per heavy atom. The van der Waals surface area contributed by atoms with Crippen molar-refractivity contribution in [2.24, 2.45) is 0 Å². The fourth-order valence-corrected chi connectivity index (χ4v) is 1.54. The molecule has 0 aliphatic carbocycles. The van der Waals surface area contributed by atoms with E-state index < -0.39 is 0 Å². The molecule has 0 atom stereocenters. The van der Waals surface area contributed by atoms with Crippen LogP contribution in [0.15, 0.2) is 36.7 Å². The molecular weight excluding hydrogens is 214 g/mol. The number of anilines is 1. The Bertz CT molecular complexity index is 482. The second-order valence-corrected chi connectivity index (χ2v) is 3.73. The van der Waals surface area contributed by atoms with Crippen LogP contribution in [0.3, 0.4) is 0 Å². The summed E-state index contributed by atoms with van der Waals surface area (Å²) in [5.74, 6) is 1.03. The van der Waals surface area contributed by atoms with E-state index in [9.17, 15) is 5.11 Å². The van der Waals surface area contributed by atoms with Crippen molar-refractivity contribution in [2.75, 3.05) is 11.9 Å². The molecule has 0 amide bonds. The highest BCUT2D eigenvalue weighted by atomic mass is 16.3. The topological polar surface area (TPSA) is 58.0 Å². The second-order valence-electron chi connectivity index (χ2n) is 3.73. The van der Waals surface area contributed by atoms with Gasteiger partial charge in [-0.05, 0) is 30.7 Å². The van der Waals surface area contributed by atoms with Gasteiger partial charge in [-0.1, -0.05) is 6.92 Å². The minimum absolute atomic E-state index is 0.251. The van der Waals surface area contributed by atoms with Gasteiger partial charge in [0.05, 0.1) is 0 Å². The van der Waals surface area contributed by atoms with Crippen molar-refractivity contribution in [1.29, 1.82) is 0 Å². The van der Waals surface area contributed by atoms with Gasteiger partial charge >= 0.3 is 0 Å². The third-order valence-electron chi connectivity index (χ3n) is 2.38. The van der Waals surface area contributed by atoms with Crippen LogP contribution in [0.2, 0.25) is 0 Å². The zero-order valence-electron chi connectivity index (χ0n) is 9.72. The predicted molar refractivity (Wildman–Crippen MR) is 67.9 cm³/mol. The van der Waals surface area contributed by atoms with Gasteiger partial charge in [0, 0.05) is 24.5 Å². The molecule has 88 valence electrons. The summed E-state index contributed by atoms with van der Waals surface area (Å²) in [6.07, 6.45) is 4.37. The standard InChI is InChI=1S/C13H15N3O/c1-2-7-15-13-12(14-8-9-16-13)10-3-5-11(17)6-4-10/h3-6,8-9,17H,2,7H2,1H3,(H,15,16).